The Bertz CT molecular complexity index is 1650. The van der Waals surface area contributed by atoms with E-state index < -0.39 is 0 Å². The normalized spacial score (nSPS) is 13.8. The van der Waals surface area contributed by atoms with Crippen molar-refractivity contribution in [2.75, 3.05) is 31.1 Å². The lowest BCUT2D eigenvalue weighted by Crippen LogP contribution is -2.35. The zero-order valence-electron chi connectivity index (χ0n) is 22.6. The topological polar surface area (TPSA) is 49.3 Å². The second-order valence-electron chi connectivity index (χ2n) is 10.3. The Morgan fingerprint density at radius 2 is 1.55 bits per heavy atom. The number of nitrogens with zero attached hydrogens (tertiary/aromatic N) is 4. The van der Waals surface area contributed by atoms with E-state index in [4.69, 9.17) is 21.6 Å². The predicted molar refractivity (Wildman–Crippen MR) is 163 cm³/mol. The molecule has 0 atom stereocenters. The largest absolute Gasteiger partial charge is 0.354 e. The van der Waals surface area contributed by atoms with Gasteiger partial charge in [-0.15, -0.1) is 0 Å². The molecule has 1 saturated heterocycles. The summed E-state index contributed by atoms with van der Waals surface area (Å²) in [7, 11) is 0. The molecule has 200 valence electrons. The average molecular weight is 547 g/mol. The van der Waals surface area contributed by atoms with Crippen LogP contribution in [0.2, 0.25) is 5.02 Å². The predicted octanol–water partition coefficient (Wildman–Crippen LogP) is 7.20. The number of rotatable bonds is 5. The first-order chi connectivity index (χ1) is 19.5. The number of benzene rings is 4. The Labute approximate surface area is 240 Å². The molecule has 5 nitrogen and oxygen atoms in total. The molecule has 1 aliphatic rings. The highest BCUT2D eigenvalue weighted by atomic mass is 35.5. The fraction of sp³-hybridized carbons (Fsp3) is 0.206. The molecule has 0 radical (unpaired) electrons. The van der Waals surface area contributed by atoms with Gasteiger partial charge in [0.1, 0.15) is 5.82 Å². The van der Waals surface area contributed by atoms with Crippen molar-refractivity contribution >= 4 is 34.1 Å². The van der Waals surface area contributed by atoms with Crippen LogP contribution in [0.5, 0.6) is 0 Å². The van der Waals surface area contributed by atoms with E-state index in [0.29, 0.717) is 26.1 Å². The van der Waals surface area contributed by atoms with E-state index in [1.807, 2.05) is 77.7 Å². The van der Waals surface area contributed by atoms with Crippen molar-refractivity contribution < 1.29 is 4.79 Å². The van der Waals surface area contributed by atoms with E-state index in [0.717, 1.165) is 68.4 Å². The minimum Gasteiger partial charge on any atom is -0.354 e. The quantitative estimate of drug-likeness (QED) is 0.234. The van der Waals surface area contributed by atoms with Gasteiger partial charge >= 0.3 is 0 Å². The van der Waals surface area contributed by atoms with Gasteiger partial charge in [-0.25, -0.2) is 9.97 Å². The molecular formula is C34H31ClN4O. The Hall–Kier alpha value is -4.22. The number of carbonyl (C=O) groups excluding carboxylic acids is 1. The van der Waals surface area contributed by atoms with Crippen molar-refractivity contribution in [3.63, 3.8) is 0 Å². The Morgan fingerprint density at radius 3 is 2.35 bits per heavy atom. The average Bonchev–Trinajstić information content (AvgIpc) is 3.25. The number of hydrogen-bond donors (Lipinski definition) is 0. The van der Waals surface area contributed by atoms with Crippen LogP contribution in [-0.4, -0.2) is 47.0 Å². The van der Waals surface area contributed by atoms with Crippen LogP contribution in [0.15, 0.2) is 97.1 Å². The van der Waals surface area contributed by atoms with Crippen molar-refractivity contribution in [2.24, 2.45) is 0 Å². The van der Waals surface area contributed by atoms with Crippen LogP contribution in [0, 0.1) is 6.92 Å². The summed E-state index contributed by atoms with van der Waals surface area (Å²) < 4.78 is 0. The summed E-state index contributed by atoms with van der Waals surface area (Å²) in [6, 6.07) is 32.2. The van der Waals surface area contributed by atoms with Gasteiger partial charge in [-0.05, 0) is 53.9 Å². The summed E-state index contributed by atoms with van der Waals surface area (Å²) in [6.07, 6.45) is 1.58. The van der Waals surface area contributed by atoms with Gasteiger partial charge in [0.05, 0.1) is 0 Å². The van der Waals surface area contributed by atoms with Gasteiger partial charge in [0, 0.05) is 60.0 Å². The lowest BCUT2D eigenvalue weighted by Gasteiger charge is -2.26. The Kier molecular flexibility index (Phi) is 7.47. The highest BCUT2D eigenvalue weighted by molar-refractivity contribution is 6.30. The number of aryl methyl sites for hydroxylation is 1. The zero-order chi connectivity index (χ0) is 27.5. The molecule has 5 aromatic rings. The third-order valence-electron chi connectivity index (χ3n) is 7.60. The first-order valence-corrected chi connectivity index (χ1v) is 14.1. The van der Waals surface area contributed by atoms with Crippen LogP contribution in [-0.2, 0) is 6.42 Å². The number of anilines is 1. The molecule has 1 fully saturated rings. The Morgan fingerprint density at radius 1 is 0.800 bits per heavy atom. The van der Waals surface area contributed by atoms with Crippen LogP contribution in [0.25, 0.3) is 22.2 Å². The van der Waals surface area contributed by atoms with Crippen molar-refractivity contribution in [3.05, 3.63) is 124 Å². The number of aromatic nitrogens is 2. The van der Waals surface area contributed by atoms with Gasteiger partial charge in [-0.3, -0.25) is 4.79 Å². The molecule has 40 heavy (non-hydrogen) atoms. The van der Waals surface area contributed by atoms with Crippen molar-refractivity contribution in [2.45, 2.75) is 19.8 Å². The number of hydrogen-bond acceptors (Lipinski definition) is 4. The van der Waals surface area contributed by atoms with Crippen LogP contribution < -0.4 is 4.90 Å². The van der Waals surface area contributed by atoms with Crippen LogP contribution in [0.1, 0.15) is 33.6 Å². The number of halogens is 1. The van der Waals surface area contributed by atoms with Crippen molar-refractivity contribution in [1.29, 1.82) is 0 Å². The van der Waals surface area contributed by atoms with Gasteiger partial charge in [0.15, 0.2) is 5.82 Å². The standard InChI is InChI=1S/C34H31ClN4O/c1-24-31(22-25-12-16-30(35)17-13-25)33(37-32(36-24)27-9-3-2-4-10-27)38-18-7-19-39(21-20-38)34(40)29-15-14-26-8-5-6-11-28(26)23-29/h2-6,8-17,23H,7,18-22H2,1H3. The molecule has 1 aliphatic heterocycles. The van der Waals surface area contributed by atoms with E-state index in [2.05, 4.69) is 36.1 Å². The van der Waals surface area contributed by atoms with E-state index in [1.54, 1.807) is 0 Å². The molecule has 6 rings (SSSR count). The van der Waals surface area contributed by atoms with Gasteiger partial charge in [-0.2, -0.15) is 0 Å². The molecule has 0 unspecified atom stereocenters. The van der Waals surface area contributed by atoms with Crippen molar-refractivity contribution in [1.82, 2.24) is 14.9 Å². The first-order valence-electron chi connectivity index (χ1n) is 13.8. The van der Waals surface area contributed by atoms with E-state index >= 15 is 0 Å². The van der Waals surface area contributed by atoms with Gasteiger partial charge in [0.2, 0.25) is 0 Å². The zero-order valence-corrected chi connectivity index (χ0v) is 23.3. The fourth-order valence-electron chi connectivity index (χ4n) is 5.41. The third kappa shape index (κ3) is 5.56. The van der Waals surface area contributed by atoms with Gasteiger partial charge < -0.3 is 9.80 Å². The second-order valence-corrected chi connectivity index (χ2v) is 10.7. The molecule has 0 bridgehead atoms. The second kappa shape index (κ2) is 11.5. The Balaban J connectivity index is 1.29. The molecule has 0 saturated carbocycles. The maximum Gasteiger partial charge on any atom is 0.253 e. The highest BCUT2D eigenvalue weighted by Crippen LogP contribution is 2.29. The summed E-state index contributed by atoms with van der Waals surface area (Å²) >= 11 is 6.15. The number of amides is 1. The van der Waals surface area contributed by atoms with Gasteiger partial charge in [0.25, 0.3) is 5.91 Å². The maximum atomic E-state index is 13.5. The molecule has 1 amide bonds. The SMILES string of the molecule is Cc1nc(-c2ccccc2)nc(N2CCCN(C(=O)c3ccc4ccccc4c3)CC2)c1Cc1ccc(Cl)cc1. The molecule has 4 aromatic carbocycles. The molecule has 2 heterocycles. The first kappa shape index (κ1) is 26.0. The third-order valence-corrected chi connectivity index (χ3v) is 7.85. The van der Waals surface area contributed by atoms with Gasteiger partial charge in [-0.1, -0.05) is 84.4 Å². The summed E-state index contributed by atoms with van der Waals surface area (Å²) in [5.41, 5.74) is 4.96. The van der Waals surface area contributed by atoms with E-state index in [1.165, 1.54) is 0 Å². The lowest BCUT2D eigenvalue weighted by atomic mass is 10.0. The fourth-order valence-corrected chi connectivity index (χ4v) is 5.54. The number of fused-ring (bicyclic) bond motifs is 1. The van der Waals surface area contributed by atoms with Crippen LogP contribution in [0.4, 0.5) is 5.82 Å². The summed E-state index contributed by atoms with van der Waals surface area (Å²) in [5, 5.41) is 2.95. The van der Waals surface area contributed by atoms with Crippen LogP contribution in [0.3, 0.4) is 0 Å². The summed E-state index contributed by atoms with van der Waals surface area (Å²) in [5.74, 6) is 1.75. The molecule has 0 aliphatic carbocycles. The van der Waals surface area contributed by atoms with Crippen molar-refractivity contribution in [3.8, 4) is 11.4 Å². The van der Waals surface area contributed by atoms with E-state index in [-0.39, 0.29) is 5.91 Å². The van der Waals surface area contributed by atoms with E-state index in [9.17, 15) is 4.79 Å². The summed E-state index contributed by atoms with van der Waals surface area (Å²) in [6.45, 7) is 4.94. The molecular weight excluding hydrogens is 516 g/mol. The lowest BCUT2D eigenvalue weighted by molar-refractivity contribution is 0.0767. The molecule has 0 spiro atoms. The molecule has 1 aromatic heterocycles. The van der Waals surface area contributed by atoms with Crippen LogP contribution >= 0.6 is 11.6 Å². The monoisotopic (exact) mass is 546 g/mol. The smallest absolute Gasteiger partial charge is 0.253 e. The summed E-state index contributed by atoms with van der Waals surface area (Å²) in [4.78, 5) is 27.9. The minimum atomic E-state index is 0.0813. The highest BCUT2D eigenvalue weighted by Gasteiger charge is 2.24. The minimum absolute atomic E-state index is 0.0813. The number of carbonyl (C=O) groups is 1. The molecule has 6 heteroatoms. The maximum absolute atomic E-state index is 13.5. The molecule has 0 N–H and O–H groups in total.